The van der Waals surface area contributed by atoms with E-state index in [0.717, 1.165) is 73.7 Å². The summed E-state index contributed by atoms with van der Waals surface area (Å²) in [5.41, 5.74) is 1.07. The van der Waals surface area contributed by atoms with Gasteiger partial charge in [0.15, 0.2) is 5.57 Å². The lowest BCUT2D eigenvalue weighted by Gasteiger charge is -2.35. The maximum Gasteiger partial charge on any atom is 0.514 e. The summed E-state index contributed by atoms with van der Waals surface area (Å²) in [5.74, 6) is -0.210. The number of Topliss-reactive ketones (excluding diaryl/α,β-unsaturated/α-hetero) is 1. The predicted octanol–water partition coefficient (Wildman–Crippen LogP) is 10.6. The van der Waals surface area contributed by atoms with Crippen molar-refractivity contribution in [1.29, 1.82) is 0 Å². The number of allylic oxidation sites excluding steroid dienone is 6. The first-order chi connectivity index (χ1) is 25.6. The van der Waals surface area contributed by atoms with Crippen LogP contribution < -0.4 is 0 Å². The van der Waals surface area contributed by atoms with Gasteiger partial charge in [-0.3, -0.25) is 4.79 Å². The van der Waals surface area contributed by atoms with Crippen LogP contribution in [-0.2, 0) is 14.3 Å². The molecule has 0 saturated carbocycles. The Morgan fingerprint density at radius 3 is 1.79 bits per heavy atom. The lowest BCUT2D eigenvalue weighted by molar-refractivity contribution is -0.140. The molecule has 1 unspecified atom stereocenters. The van der Waals surface area contributed by atoms with Gasteiger partial charge in [-0.05, 0) is 88.7 Å². The highest BCUT2D eigenvalue weighted by molar-refractivity contribution is 5.90. The number of carbonyl (C=O) groups excluding carboxylic acids is 1. The van der Waals surface area contributed by atoms with Crippen molar-refractivity contribution in [2.75, 3.05) is 13.2 Å². The molecule has 0 bridgehead atoms. The van der Waals surface area contributed by atoms with Gasteiger partial charge in [0.1, 0.15) is 36.2 Å². The number of nitrogens with zero attached hydrogens (tertiary/aromatic N) is 6. The molecular formula is C44H48N6O3. The molecule has 7 aliphatic rings. The van der Waals surface area contributed by atoms with Crippen molar-refractivity contribution in [3.8, 4) is 0 Å². The normalized spacial score (nSPS) is 26.6. The lowest BCUT2D eigenvalue weighted by atomic mass is 9.66. The van der Waals surface area contributed by atoms with Crippen molar-refractivity contribution in [1.82, 2.24) is 0 Å². The third-order valence-electron chi connectivity index (χ3n) is 11.8. The van der Waals surface area contributed by atoms with Gasteiger partial charge in [0.2, 0.25) is 5.79 Å². The van der Waals surface area contributed by atoms with Crippen molar-refractivity contribution < 1.29 is 14.3 Å². The van der Waals surface area contributed by atoms with Crippen molar-refractivity contribution in [3.05, 3.63) is 139 Å². The van der Waals surface area contributed by atoms with Gasteiger partial charge in [0, 0.05) is 12.8 Å². The highest BCUT2D eigenvalue weighted by Crippen LogP contribution is 2.51. The maximum atomic E-state index is 12.1. The zero-order chi connectivity index (χ0) is 38.2. The molecule has 272 valence electrons. The highest BCUT2D eigenvalue weighted by Gasteiger charge is 2.62. The van der Waals surface area contributed by atoms with Crippen molar-refractivity contribution >= 4 is 5.78 Å². The minimum atomic E-state index is -1.19. The minimum Gasteiger partial charge on any atom is -0.343 e. The number of ketones is 1. The van der Waals surface area contributed by atoms with Crippen LogP contribution in [0.3, 0.4) is 0 Å². The number of hydrogen-bond acceptors (Lipinski definition) is 3. The van der Waals surface area contributed by atoms with Crippen LogP contribution in [0.15, 0.2) is 70.4 Å². The van der Waals surface area contributed by atoms with Crippen molar-refractivity contribution in [2.45, 2.75) is 133 Å². The Balaban J connectivity index is 0.000000154. The largest absolute Gasteiger partial charge is 0.514 e. The number of hydrogen-bond donors (Lipinski definition) is 0. The molecule has 0 N–H and O–H groups in total. The number of fused-ring (bicyclic) bond motifs is 2. The van der Waals surface area contributed by atoms with Gasteiger partial charge in [-0.15, -0.1) is 0 Å². The third-order valence-corrected chi connectivity index (χ3v) is 11.8. The molecule has 0 aromatic carbocycles. The molecule has 0 aromatic rings. The molecule has 0 radical (unpaired) electrons. The second-order valence-corrected chi connectivity index (χ2v) is 15.2. The quantitative estimate of drug-likeness (QED) is 0.186. The average Bonchev–Trinajstić information content (AvgIpc) is 3.37. The lowest BCUT2D eigenvalue weighted by Crippen LogP contribution is -2.44. The molecule has 1 saturated heterocycles. The van der Waals surface area contributed by atoms with E-state index in [2.05, 4.69) is 47.3 Å². The fraction of sp³-hybridized carbons (Fsp3) is 0.568. The van der Waals surface area contributed by atoms with Crippen LogP contribution in [0.2, 0.25) is 0 Å². The molecule has 0 aromatic heterocycles. The average molecular weight is 709 g/mol. The Kier molecular flexibility index (Phi) is 12.1. The SMILES string of the molecule is [C-]#[N+]C1([N+]#[C-])CC=CCC2=C1C(C)(C)C(=O)CC2.[C-]#[N+]C1([N+]#[C-])CC=CCC2=C1C1(CCC2)OCCO1.[C-]#[N+]C1([N+]#[C-])CC=CCC2CCCCC=C21. The summed E-state index contributed by atoms with van der Waals surface area (Å²) in [6.45, 7) is 49.5. The predicted molar refractivity (Wildman–Crippen MR) is 204 cm³/mol. The van der Waals surface area contributed by atoms with E-state index in [-0.39, 0.29) is 5.78 Å². The van der Waals surface area contributed by atoms with Crippen molar-refractivity contribution in [3.63, 3.8) is 0 Å². The first kappa shape index (κ1) is 39.2. The van der Waals surface area contributed by atoms with E-state index in [4.69, 9.17) is 48.9 Å². The summed E-state index contributed by atoms with van der Waals surface area (Å²) < 4.78 is 11.7. The van der Waals surface area contributed by atoms with E-state index in [9.17, 15) is 4.79 Å². The monoisotopic (exact) mass is 708 g/mol. The summed E-state index contributed by atoms with van der Waals surface area (Å²) in [6, 6.07) is 0. The van der Waals surface area contributed by atoms with E-state index in [0.29, 0.717) is 51.2 Å². The molecule has 9 heteroatoms. The number of carbonyl (C=O) groups is 1. The molecular weight excluding hydrogens is 661 g/mol. The molecule has 6 aliphatic carbocycles. The van der Waals surface area contributed by atoms with Gasteiger partial charge in [-0.25, -0.2) is 68.5 Å². The van der Waals surface area contributed by atoms with Crippen LogP contribution in [0.1, 0.15) is 110 Å². The van der Waals surface area contributed by atoms with Gasteiger partial charge in [-0.2, -0.15) is 0 Å². The molecule has 0 amide bonds. The zero-order valence-electron chi connectivity index (χ0n) is 31.0. The molecule has 1 fully saturated rings. The van der Waals surface area contributed by atoms with E-state index >= 15 is 0 Å². The van der Waals surface area contributed by atoms with E-state index < -0.39 is 28.2 Å². The van der Waals surface area contributed by atoms with Crippen molar-refractivity contribution in [2.24, 2.45) is 11.3 Å². The first-order valence-electron chi connectivity index (χ1n) is 18.8. The third kappa shape index (κ3) is 7.31. The van der Waals surface area contributed by atoms with Crippen LogP contribution in [0.25, 0.3) is 29.1 Å². The van der Waals surface area contributed by atoms with E-state index in [1.54, 1.807) is 0 Å². The zero-order valence-corrected chi connectivity index (χ0v) is 31.0. The second kappa shape index (κ2) is 16.3. The molecule has 9 nitrogen and oxygen atoms in total. The van der Waals surface area contributed by atoms with Gasteiger partial charge >= 0.3 is 17.0 Å². The number of ether oxygens (including phenoxy) is 2. The molecule has 1 aliphatic heterocycles. The second-order valence-electron chi connectivity index (χ2n) is 15.2. The van der Waals surface area contributed by atoms with Gasteiger partial charge in [-0.1, -0.05) is 49.0 Å². The Morgan fingerprint density at radius 2 is 1.19 bits per heavy atom. The fourth-order valence-electron chi connectivity index (χ4n) is 9.19. The Labute approximate surface area is 315 Å². The topological polar surface area (TPSA) is 61.7 Å². The summed E-state index contributed by atoms with van der Waals surface area (Å²) in [5, 5.41) is 0. The molecule has 1 spiro atoms. The number of rotatable bonds is 0. The summed E-state index contributed by atoms with van der Waals surface area (Å²) >= 11 is 0. The van der Waals surface area contributed by atoms with Crippen LogP contribution >= 0.6 is 0 Å². The minimum absolute atomic E-state index is 0.153. The van der Waals surface area contributed by atoms with Gasteiger partial charge in [0.05, 0.1) is 18.6 Å². The summed E-state index contributed by atoms with van der Waals surface area (Å²) in [7, 11) is 0. The van der Waals surface area contributed by atoms with E-state index in [1.807, 2.05) is 38.2 Å². The maximum absolute atomic E-state index is 12.1. The Hall–Kier alpha value is -5.03. The first-order valence-corrected chi connectivity index (χ1v) is 18.8. The smallest absolute Gasteiger partial charge is 0.343 e. The standard InChI is InChI=1S/C15H16N2O2.C15H16N2O.C14H16N2/c1-16-14(17-2)8-4-3-6-12-7-5-9-15(13(12)14)18-10-11-19-15;1-14(2)12(18)9-8-11-7-5-6-10-15(16-3,17-4)13(11)14;1-15-14(16-2)11-7-6-9-12-8-4-3-5-10-13(12)14/h3-4H,5-11H2;5-6H,7-10H2,1-2H3;6-7,10,12H,3-5,8-9,11H2. The van der Waals surface area contributed by atoms with Gasteiger partial charge in [0.25, 0.3) is 0 Å². The van der Waals surface area contributed by atoms with E-state index in [1.165, 1.54) is 18.4 Å². The van der Waals surface area contributed by atoms with Gasteiger partial charge < -0.3 is 9.47 Å². The summed E-state index contributed by atoms with van der Waals surface area (Å²) in [6.07, 6.45) is 26.9. The van der Waals surface area contributed by atoms with Crippen LogP contribution in [0.4, 0.5) is 0 Å². The molecule has 1 atom stereocenters. The Bertz CT molecular complexity index is 1870. The molecule has 7 rings (SSSR count). The van der Waals surface area contributed by atoms with Crippen LogP contribution in [0.5, 0.6) is 0 Å². The molecule has 1 heterocycles. The Morgan fingerprint density at radius 1 is 0.642 bits per heavy atom. The summed E-state index contributed by atoms with van der Waals surface area (Å²) in [4.78, 5) is 34.0. The highest BCUT2D eigenvalue weighted by atomic mass is 16.7. The molecule has 53 heavy (non-hydrogen) atoms. The van der Waals surface area contributed by atoms with Crippen LogP contribution in [0, 0.1) is 50.8 Å². The van der Waals surface area contributed by atoms with Crippen LogP contribution in [-0.4, -0.2) is 41.8 Å². The fourth-order valence-corrected chi connectivity index (χ4v) is 9.19.